The second-order valence-corrected chi connectivity index (χ2v) is 6.23. The Hall–Kier alpha value is -0.610. The monoisotopic (exact) mass is 252 g/mol. The lowest BCUT2D eigenvalue weighted by Gasteiger charge is -2.29. The second-order valence-electron chi connectivity index (χ2n) is 6.23. The lowest BCUT2D eigenvalue weighted by molar-refractivity contribution is -0.136. The number of amides is 1. The fourth-order valence-electron chi connectivity index (χ4n) is 3.99. The van der Waals surface area contributed by atoms with Gasteiger partial charge in [-0.15, -0.1) is 0 Å². The minimum atomic E-state index is 0.0846. The van der Waals surface area contributed by atoms with E-state index in [4.69, 9.17) is 10.5 Å². The van der Waals surface area contributed by atoms with E-state index in [0.717, 1.165) is 32.5 Å². The maximum Gasteiger partial charge on any atom is 0.228 e. The van der Waals surface area contributed by atoms with Gasteiger partial charge in [-0.1, -0.05) is 6.42 Å². The van der Waals surface area contributed by atoms with Crippen LogP contribution in [0, 0.1) is 17.8 Å². The zero-order valence-electron chi connectivity index (χ0n) is 11.2. The highest BCUT2D eigenvalue weighted by atomic mass is 16.5. The number of carbonyl (C=O) groups is 1. The van der Waals surface area contributed by atoms with Crippen molar-refractivity contribution in [2.75, 3.05) is 19.7 Å². The smallest absolute Gasteiger partial charge is 0.228 e. The summed E-state index contributed by atoms with van der Waals surface area (Å²) >= 11 is 0. The van der Waals surface area contributed by atoms with Gasteiger partial charge >= 0.3 is 0 Å². The Morgan fingerprint density at radius 1 is 1.28 bits per heavy atom. The molecule has 18 heavy (non-hydrogen) atoms. The van der Waals surface area contributed by atoms with E-state index >= 15 is 0 Å². The molecule has 0 bridgehead atoms. The Balaban J connectivity index is 1.66. The molecule has 1 saturated carbocycles. The normalized spacial score (nSPS) is 44.1. The molecule has 0 radical (unpaired) electrons. The molecule has 3 aliphatic rings. The minimum absolute atomic E-state index is 0.0846. The average molecular weight is 252 g/mol. The molecule has 2 saturated heterocycles. The highest BCUT2D eigenvalue weighted by molar-refractivity contribution is 5.80. The van der Waals surface area contributed by atoms with Gasteiger partial charge in [0, 0.05) is 25.7 Å². The number of fused-ring (bicyclic) bond motifs is 1. The third kappa shape index (κ3) is 2.05. The average Bonchev–Trinajstić information content (AvgIpc) is 2.95. The predicted octanol–water partition coefficient (Wildman–Crippen LogP) is 0.997. The van der Waals surface area contributed by atoms with Crippen LogP contribution in [0.1, 0.15) is 32.6 Å². The number of rotatable bonds is 1. The third-order valence-corrected chi connectivity index (χ3v) is 5.16. The molecule has 102 valence electrons. The SMILES string of the molecule is CC1OCCC1C(=O)N1CC2CCCC(N)C2C1. The molecule has 0 aromatic heterocycles. The predicted molar refractivity (Wildman–Crippen MR) is 68.9 cm³/mol. The molecular weight excluding hydrogens is 228 g/mol. The van der Waals surface area contributed by atoms with Crippen molar-refractivity contribution >= 4 is 5.91 Å². The highest BCUT2D eigenvalue weighted by Crippen LogP contribution is 2.37. The molecule has 2 aliphatic heterocycles. The minimum Gasteiger partial charge on any atom is -0.378 e. The number of likely N-dealkylation sites (tertiary alicyclic amines) is 1. The van der Waals surface area contributed by atoms with Gasteiger partial charge in [0.05, 0.1) is 12.0 Å². The van der Waals surface area contributed by atoms with Crippen LogP contribution in [0.4, 0.5) is 0 Å². The van der Waals surface area contributed by atoms with Crippen LogP contribution in [0.25, 0.3) is 0 Å². The summed E-state index contributed by atoms with van der Waals surface area (Å²) < 4.78 is 5.51. The van der Waals surface area contributed by atoms with E-state index in [2.05, 4.69) is 4.90 Å². The molecule has 0 aromatic carbocycles. The van der Waals surface area contributed by atoms with E-state index in [1.165, 1.54) is 12.8 Å². The first-order chi connectivity index (χ1) is 8.66. The van der Waals surface area contributed by atoms with Crippen molar-refractivity contribution in [1.82, 2.24) is 4.90 Å². The maximum absolute atomic E-state index is 12.5. The second kappa shape index (κ2) is 4.82. The van der Waals surface area contributed by atoms with E-state index in [0.29, 0.717) is 23.8 Å². The van der Waals surface area contributed by atoms with Gasteiger partial charge in [-0.3, -0.25) is 4.79 Å². The molecule has 3 rings (SSSR count). The number of nitrogens with zero attached hydrogens (tertiary/aromatic N) is 1. The van der Waals surface area contributed by atoms with Crippen molar-refractivity contribution in [3.63, 3.8) is 0 Å². The topological polar surface area (TPSA) is 55.6 Å². The van der Waals surface area contributed by atoms with Crippen LogP contribution < -0.4 is 5.73 Å². The van der Waals surface area contributed by atoms with E-state index in [-0.39, 0.29) is 12.0 Å². The van der Waals surface area contributed by atoms with Gasteiger partial charge in [0.2, 0.25) is 5.91 Å². The van der Waals surface area contributed by atoms with Gasteiger partial charge in [-0.2, -0.15) is 0 Å². The molecule has 4 nitrogen and oxygen atoms in total. The molecule has 3 fully saturated rings. The number of hydrogen-bond acceptors (Lipinski definition) is 3. The standard InChI is InChI=1S/C14H24N2O2/c1-9-11(5-6-18-9)14(17)16-7-10-3-2-4-13(15)12(10)8-16/h9-13H,2-8,15H2,1H3. The van der Waals surface area contributed by atoms with E-state index in [9.17, 15) is 4.79 Å². The van der Waals surface area contributed by atoms with Gasteiger partial charge in [0.1, 0.15) is 0 Å². The molecule has 1 aliphatic carbocycles. The van der Waals surface area contributed by atoms with Crippen LogP contribution in [0.2, 0.25) is 0 Å². The summed E-state index contributed by atoms with van der Waals surface area (Å²) in [7, 11) is 0. The summed E-state index contributed by atoms with van der Waals surface area (Å²) in [6, 6.07) is 0.304. The molecule has 5 atom stereocenters. The maximum atomic E-state index is 12.5. The van der Waals surface area contributed by atoms with Crippen LogP contribution in [-0.2, 0) is 9.53 Å². The first-order valence-corrected chi connectivity index (χ1v) is 7.33. The van der Waals surface area contributed by atoms with E-state index in [1.807, 2.05) is 6.92 Å². The van der Waals surface area contributed by atoms with Crippen LogP contribution >= 0.6 is 0 Å². The van der Waals surface area contributed by atoms with Crippen molar-refractivity contribution in [3.05, 3.63) is 0 Å². The Morgan fingerprint density at radius 2 is 2.11 bits per heavy atom. The van der Waals surface area contributed by atoms with Crippen molar-refractivity contribution < 1.29 is 9.53 Å². The van der Waals surface area contributed by atoms with Gasteiger partial charge in [0.25, 0.3) is 0 Å². The molecule has 0 spiro atoms. The summed E-state index contributed by atoms with van der Waals surface area (Å²) in [5.74, 6) is 1.58. The van der Waals surface area contributed by atoms with Crippen molar-refractivity contribution in [1.29, 1.82) is 0 Å². The zero-order chi connectivity index (χ0) is 12.7. The number of carbonyl (C=O) groups excluding carboxylic acids is 1. The van der Waals surface area contributed by atoms with Gasteiger partial charge in [-0.25, -0.2) is 0 Å². The lowest BCUT2D eigenvalue weighted by atomic mass is 9.78. The molecule has 2 heterocycles. The number of ether oxygens (including phenoxy) is 1. The van der Waals surface area contributed by atoms with Crippen LogP contribution in [0.5, 0.6) is 0 Å². The van der Waals surface area contributed by atoms with Crippen molar-refractivity contribution in [2.24, 2.45) is 23.5 Å². The highest BCUT2D eigenvalue weighted by Gasteiger charge is 2.43. The summed E-state index contributed by atoms with van der Waals surface area (Å²) in [6.45, 7) is 4.57. The first kappa shape index (κ1) is 12.4. The summed E-state index contributed by atoms with van der Waals surface area (Å²) in [5.41, 5.74) is 6.20. The zero-order valence-corrected chi connectivity index (χ0v) is 11.2. The van der Waals surface area contributed by atoms with Gasteiger partial charge < -0.3 is 15.4 Å². The molecule has 5 unspecified atom stereocenters. The molecule has 1 amide bonds. The van der Waals surface area contributed by atoms with Gasteiger partial charge in [0.15, 0.2) is 0 Å². The van der Waals surface area contributed by atoms with Crippen molar-refractivity contribution in [2.45, 2.75) is 44.8 Å². The summed E-state index contributed by atoms with van der Waals surface area (Å²) in [5, 5.41) is 0. The summed E-state index contributed by atoms with van der Waals surface area (Å²) in [6.07, 6.45) is 4.59. The Bertz CT molecular complexity index is 334. The van der Waals surface area contributed by atoms with Crippen LogP contribution in [0.3, 0.4) is 0 Å². The molecule has 2 N–H and O–H groups in total. The van der Waals surface area contributed by atoms with E-state index < -0.39 is 0 Å². The number of nitrogens with two attached hydrogens (primary N) is 1. The van der Waals surface area contributed by atoms with Crippen molar-refractivity contribution in [3.8, 4) is 0 Å². The first-order valence-electron chi connectivity index (χ1n) is 7.33. The Labute approximate surface area is 109 Å². The van der Waals surface area contributed by atoms with Gasteiger partial charge in [-0.05, 0) is 38.0 Å². The number of hydrogen-bond donors (Lipinski definition) is 1. The molecule has 4 heteroatoms. The fourth-order valence-corrected chi connectivity index (χ4v) is 3.99. The van der Waals surface area contributed by atoms with E-state index in [1.54, 1.807) is 0 Å². The fraction of sp³-hybridized carbons (Fsp3) is 0.929. The quantitative estimate of drug-likeness (QED) is 0.757. The largest absolute Gasteiger partial charge is 0.378 e. The van der Waals surface area contributed by atoms with Crippen LogP contribution in [0.15, 0.2) is 0 Å². The molecule has 0 aromatic rings. The third-order valence-electron chi connectivity index (χ3n) is 5.16. The van der Waals surface area contributed by atoms with Crippen LogP contribution in [-0.4, -0.2) is 42.6 Å². The summed E-state index contributed by atoms with van der Waals surface area (Å²) in [4.78, 5) is 14.6. The molecular formula is C14H24N2O2. The lowest BCUT2D eigenvalue weighted by Crippen LogP contribution is -2.40. The Morgan fingerprint density at radius 3 is 2.78 bits per heavy atom. The Kier molecular flexibility index (Phi) is 3.32.